The molecule has 0 bridgehead atoms. The molecule has 0 aliphatic rings. The predicted octanol–water partition coefficient (Wildman–Crippen LogP) is 2.62. The average Bonchev–Trinajstić information content (AvgIpc) is 2.98. The van der Waals surface area contributed by atoms with E-state index >= 15 is 0 Å². The van der Waals surface area contributed by atoms with Gasteiger partial charge in [-0.2, -0.15) is 0 Å². The second-order valence-electron chi connectivity index (χ2n) is 4.69. The van der Waals surface area contributed by atoms with Crippen molar-refractivity contribution in [3.8, 4) is 11.4 Å². The third-order valence-corrected chi connectivity index (χ3v) is 4.23. The Morgan fingerprint density at radius 2 is 1.77 bits per heavy atom. The van der Waals surface area contributed by atoms with Crippen molar-refractivity contribution in [2.75, 3.05) is 6.61 Å². The molecule has 22 heavy (non-hydrogen) atoms. The van der Waals surface area contributed by atoms with Crippen LogP contribution in [0.2, 0.25) is 0 Å². The van der Waals surface area contributed by atoms with Crippen LogP contribution in [0.5, 0.6) is 0 Å². The maximum atomic E-state index is 9.32. The average molecular weight is 312 g/mol. The Hall–Kier alpha value is -2.18. The fourth-order valence-electron chi connectivity index (χ4n) is 2.13. The van der Waals surface area contributed by atoms with Gasteiger partial charge in [-0.3, -0.25) is 9.55 Å². The van der Waals surface area contributed by atoms with Gasteiger partial charge in [0.25, 0.3) is 0 Å². The van der Waals surface area contributed by atoms with Gasteiger partial charge >= 0.3 is 0 Å². The normalized spacial score (nSPS) is 10.8. The van der Waals surface area contributed by atoms with Crippen molar-refractivity contribution in [1.29, 1.82) is 0 Å². The molecule has 2 heterocycles. The highest BCUT2D eigenvalue weighted by atomic mass is 32.2. The van der Waals surface area contributed by atoms with Crippen LogP contribution in [-0.2, 0) is 12.3 Å². The van der Waals surface area contributed by atoms with E-state index in [4.69, 9.17) is 0 Å². The highest BCUT2D eigenvalue weighted by Crippen LogP contribution is 2.25. The topological polar surface area (TPSA) is 63.8 Å². The van der Waals surface area contributed by atoms with Crippen molar-refractivity contribution in [3.63, 3.8) is 0 Å². The molecule has 5 nitrogen and oxygen atoms in total. The van der Waals surface area contributed by atoms with Gasteiger partial charge in [-0.25, -0.2) is 0 Å². The van der Waals surface area contributed by atoms with Crippen molar-refractivity contribution in [2.24, 2.45) is 0 Å². The first-order valence-corrected chi connectivity index (χ1v) is 7.98. The van der Waals surface area contributed by atoms with Crippen molar-refractivity contribution in [1.82, 2.24) is 19.7 Å². The Labute approximate surface area is 133 Å². The zero-order valence-corrected chi connectivity index (χ0v) is 12.8. The van der Waals surface area contributed by atoms with Gasteiger partial charge in [-0.05, 0) is 17.7 Å². The largest absolute Gasteiger partial charge is 0.395 e. The number of thioether (sulfide) groups is 1. The number of aliphatic hydroxyl groups is 1. The first-order chi connectivity index (χ1) is 10.9. The minimum Gasteiger partial charge on any atom is -0.395 e. The molecule has 0 spiro atoms. The monoisotopic (exact) mass is 312 g/mol. The van der Waals surface area contributed by atoms with E-state index in [-0.39, 0.29) is 6.61 Å². The van der Waals surface area contributed by atoms with Crippen LogP contribution in [0.4, 0.5) is 0 Å². The SMILES string of the molecule is OCCn1c(SCc2ccccc2)nnc1-c1ccncc1. The number of benzene rings is 1. The molecule has 3 rings (SSSR count). The summed E-state index contributed by atoms with van der Waals surface area (Å²) in [5.74, 6) is 1.58. The Balaban J connectivity index is 1.84. The van der Waals surface area contributed by atoms with Crippen LogP contribution >= 0.6 is 11.8 Å². The van der Waals surface area contributed by atoms with Crippen LogP contribution in [0.25, 0.3) is 11.4 Å². The Bertz CT molecular complexity index is 716. The van der Waals surface area contributed by atoms with E-state index in [0.29, 0.717) is 6.54 Å². The van der Waals surface area contributed by atoms with E-state index in [1.165, 1.54) is 5.56 Å². The third kappa shape index (κ3) is 3.35. The number of hydrogen-bond donors (Lipinski definition) is 1. The molecule has 0 radical (unpaired) electrons. The maximum absolute atomic E-state index is 9.32. The lowest BCUT2D eigenvalue weighted by molar-refractivity contribution is 0.272. The van der Waals surface area contributed by atoms with E-state index in [1.54, 1.807) is 24.2 Å². The lowest BCUT2D eigenvalue weighted by Gasteiger charge is -2.08. The minimum atomic E-state index is 0.0506. The summed E-state index contributed by atoms with van der Waals surface area (Å²) in [7, 11) is 0. The lowest BCUT2D eigenvalue weighted by Crippen LogP contribution is -2.06. The molecule has 0 aliphatic heterocycles. The molecule has 6 heteroatoms. The van der Waals surface area contributed by atoms with Gasteiger partial charge in [-0.15, -0.1) is 10.2 Å². The molecular weight excluding hydrogens is 296 g/mol. The van der Waals surface area contributed by atoms with Gasteiger partial charge in [0, 0.05) is 30.3 Å². The summed E-state index contributed by atoms with van der Waals surface area (Å²) in [6.45, 7) is 0.525. The van der Waals surface area contributed by atoms with E-state index in [9.17, 15) is 5.11 Å². The Morgan fingerprint density at radius 3 is 2.50 bits per heavy atom. The van der Waals surface area contributed by atoms with E-state index in [0.717, 1.165) is 22.3 Å². The zero-order chi connectivity index (χ0) is 15.2. The zero-order valence-electron chi connectivity index (χ0n) is 12.0. The molecular formula is C16H16N4OS. The van der Waals surface area contributed by atoms with Crippen LogP contribution in [-0.4, -0.2) is 31.5 Å². The number of nitrogens with zero attached hydrogens (tertiary/aromatic N) is 4. The summed E-state index contributed by atoms with van der Waals surface area (Å²) in [6.07, 6.45) is 3.45. The summed E-state index contributed by atoms with van der Waals surface area (Å²) in [6, 6.07) is 14.0. The summed E-state index contributed by atoms with van der Waals surface area (Å²) in [5, 5.41) is 18.7. The van der Waals surface area contributed by atoms with Gasteiger partial charge < -0.3 is 5.11 Å². The van der Waals surface area contributed by atoms with Gasteiger partial charge in [0.1, 0.15) is 0 Å². The van der Waals surface area contributed by atoms with E-state index < -0.39 is 0 Å². The molecule has 0 atom stereocenters. The van der Waals surface area contributed by atoms with Gasteiger partial charge in [0.2, 0.25) is 0 Å². The summed E-state index contributed by atoms with van der Waals surface area (Å²) in [4.78, 5) is 4.02. The number of pyridine rings is 1. The van der Waals surface area contributed by atoms with Crippen LogP contribution in [0.3, 0.4) is 0 Å². The Morgan fingerprint density at radius 1 is 1.00 bits per heavy atom. The molecule has 1 N–H and O–H groups in total. The van der Waals surface area contributed by atoms with Crippen molar-refractivity contribution in [3.05, 3.63) is 60.4 Å². The fraction of sp³-hybridized carbons (Fsp3) is 0.188. The molecule has 1 aromatic carbocycles. The number of rotatable bonds is 6. The third-order valence-electron chi connectivity index (χ3n) is 3.19. The summed E-state index contributed by atoms with van der Waals surface area (Å²) >= 11 is 1.62. The smallest absolute Gasteiger partial charge is 0.191 e. The first-order valence-electron chi connectivity index (χ1n) is 6.99. The summed E-state index contributed by atoms with van der Waals surface area (Å²) < 4.78 is 1.95. The maximum Gasteiger partial charge on any atom is 0.191 e. The lowest BCUT2D eigenvalue weighted by atomic mass is 10.2. The van der Waals surface area contributed by atoms with Crippen LogP contribution in [0.15, 0.2) is 60.0 Å². The van der Waals surface area contributed by atoms with Crippen molar-refractivity contribution < 1.29 is 5.11 Å². The fourth-order valence-corrected chi connectivity index (χ4v) is 3.05. The second kappa shape index (κ2) is 7.20. The number of aromatic nitrogens is 4. The predicted molar refractivity (Wildman–Crippen MR) is 86.3 cm³/mol. The molecule has 0 fully saturated rings. The second-order valence-corrected chi connectivity index (χ2v) is 5.63. The van der Waals surface area contributed by atoms with Gasteiger partial charge in [-0.1, -0.05) is 42.1 Å². The first kappa shape index (κ1) is 14.7. The molecule has 0 saturated heterocycles. The standard InChI is InChI=1S/C16H16N4OS/c21-11-10-20-15(14-6-8-17-9-7-14)18-19-16(20)22-12-13-4-2-1-3-5-13/h1-9,21H,10-12H2. The molecule has 0 saturated carbocycles. The van der Waals surface area contributed by atoms with Crippen molar-refractivity contribution in [2.45, 2.75) is 17.5 Å². The molecule has 3 aromatic rings. The number of aliphatic hydroxyl groups excluding tert-OH is 1. The molecule has 0 aliphatic carbocycles. The molecule has 112 valence electrons. The van der Waals surface area contributed by atoms with E-state index in [1.807, 2.05) is 34.9 Å². The highest BCUT2D eigenvalue weighted by Gasteiger charge is 2.13. The quantitative estimate of drug-likeness (QED) is 0.709. The van der Waals surface area contributed by atoms with Crippen LogP contribution in [0.1, 0.15) is 5.56 Å². The molecule has 0 unspecified atom stereocenters. The van der Waals surface area contributed by atoms with E-state index in [2.05, 4.69) is 27.3 Å². The minimum absolute atomic E-state index is 0.0506. The summed E-state index contributed by atoms with van der Waals surface area (Å²) in [5.41, 5.74) is 2.18. The van der Waals surface area contributed by atoms with Crippen molar-refractivity contribution >= 4 is 11.8 Å². The van der Waals surface area contributed by atoms with Crippen LogP contribution in [0, 0.1) is 0 Å². The highest BCUT2D eigenvalue weighted by molar-refractivity contribution is 7.98. The van der Waals surface area contributed by atoms with Crippen LogP contribution < -0.4 is 0 Å². The molecule has 2 aromatic heterocycles. The van der Waals surface area contributed by atoms with Gasteiger partial charge in [0.15, 0.2) is 11.0 Å². The molecule has 0 amide bonds. The Kier molecular flexibility index (Phi) is 4.82. The number of hydrogen-bond acceptors (Lipinski definition) is 5. The van der Waals surface area contributed by atoms with Gasteiger partial charge in [0.05, 0.1) is 6.61 Å².